The van der Waals surface area contributed by atoms with Gasteiger partial charge in [-0.3, -0.25) is 19.4 Å². The van der Waals surface area contributed by atoms with Gasteiger partial charge in [-0.2, -0.15) is 0 Å². The van der Waals surface area contributed by atoms with Crippen LogP contribution in [0.4, 0.5) is 10.8 Å². The Bertz CT molecular complexity index is 1350. The number of ether oxygens (including phenoxy) is 1. The van der Waals surface area contributed by atoms with Crippen LogP contribution in [-0.2, 0) is 10.0 Å². The molecule has 0 fully saturated rings. The van der Waals surface area contributed by atoms with Crippen LogP contribution in [0.15, 0.2) is 83.2 Å². The molecule has 0 bridgehead atoms. The maximum atomic E-state index is 13.0. The number of benzene rings is 2. The number of rotatable bonds is 7. The molecule has 8 nitrogen and oxygen atoms in total. The Balaban J connectivity index is 1.47. The highest BCUT2D eigenvalue weighted by atomic mass is 32.2. The van der Waals surface area contributed by atoms with Gasteiger partial charge in [-0.1, -0.05) is 6.07 Å². The fourth-order valence-corrected chi connectivity index (χ4v) is 4.89. The lowest BCUT2D eigenvalue weighted by Crippen LogP contribution is -2.26. The summed E-state index contributed by atoms with van der Waals surface area (Å²) in [7, 11) is -0.782. The van der Waals surface area contributed by atoms with Crippen LogP contribution in [0.2, 0.25) is 0 Å². The second-order valence-electron chi connectivity index (χ2n) is 6.90. The predicted molar refractivity (Wildman–Crippen MR) is 128 cm³/mol. The molecule has 4 aromatic rings. The van der Waals surface area contributed by atoms with Gasteiger partial charge in [0.05, 0.1) is 23.4 Å². The smallest absolute Gasteiger partial charge is 0.264 e. The van der Waals surface area contributed by atoms with Gasteiger partial charge < -0.3 is 4.74 Å². The van der Waals surface area contributed by atoms with Crippen LogP contribution in [0.25, 0.3) is 11.4 Å². The maximum Gasteiger partial charge on any atom is 0.264 e. The number of thiazole rings is 1. The normalized spacial score (nSPS) is 11.1. The Morgan fingerprint density at radius 1 is 1.00 bits per heavy atom. The summed E-state index contributed by atoms with van der Waals surface area (Å²) in [5.74, 6) is 0.247. The van der Waals surface area contributed by atoms with Gasteiger partial charge in [0.15, 0.2) is 5.13 Å². The maximum absolute atomic E-state index is 13.0. The molecule has 0 spiro atoms. The summed E-state index contributed by atoms with van der Waals surface area (Å²) in [6.45, 7) is 0. The molecule has 1 N–H and O–H groups in total. The van der Waals surface area contributed by atoms with Crippen molar-refractivity contribution in [3.05, 3.63) is 83.9 Å². The zero-order valence-corrected chi connectivity index (χ0v) is 19.4. The van der Waals surface area contributed by atoms with Gasteiger partial charge in [0, 0.05) is 24.2 Å². The molecular formula is C23H20N4O4S2. The largest absolute Gasteiger partial charge is 0.497 e. The third-order valence-electron chi connectivity index (χ3n) is 4.86. The lowest BCUT2D eigenvalue weighted by Gasteiger charge is -2.20. The molecule has 0 radical (unpaired) electrons. The van der Waals surface area contributed by atoms with Gasteiger partial charge in [0.25, 0.3) is 15.9 Å². The number of anilines is 2. The second kappa shape index (κ2) is 9.39. The third-order valence-corrected chi connectivity index (χ3v) is 7.42. The highest BCUT2D eigenvalue weighted by molar-refractivity contribution is 7.92. The summed E-state index contributed by atoms with van der Waals surface area (Å²) in [6.07, 6.45) is 1.68. The van der Waals surface area contributed by atoms with Gasteiger partial charge in [-0.15, -0.1) is 11.3 Å². The molecule has 10 heteroatoms. The third kappa shape index (κ3) is 4.86. The van der Waals surface area contributed by atoms with Crippen molar-refractivity contribution >= 4 is 38.1 Å². The standard InChI is InChI=1S/C23H20N4O4S2/c1-27(17-8-10-18(31-2)11-9-17)33(29,30)19-12-6-16(7-13-19)22(28)26-23-25-21(15-32-23)20-5-3-4-14-24-20/h3-15H,1-2H3,(H,25,26,28). The number of amides is 1. The Kier molecular flexibility index (Phi) is 6.38. The molecule has 2 heterocycles. The van der Waals surface area contributed by atoms with E-state index in [0.717, 1.165) is 0 Å². The average Bonchev–Trinajstić information content (AvgIpc) is 3.32. The van der Waals surface area contributed by atoms with Gasteiger partial charge >= 0.3 is 0 Å². The first-order valence-electron chi connectivity index (χ1n) is 9.80. The molecule has 0 unspecified atom stereocenters. The monoisotopic (exact) mass is 480 g/mol. The van der Waals surface area contributed by atoms with E-state index in [1.807, 2.05) is 23.6 Å². The van der Waals surface area contributed by atoms with Crippen molar-refractivity contribution in [3.63, 3.8) is 0 Å². The van der Waals surface area contributed by atoms with E-state index < -0.39 is 10.0 Å². The van der Waals surface area contributed by atoms with E-state index in [-0.39, 0.29) is 10.8 Å². The SMILES string of the molecule is COc1ccc(N(C)S(=O)(=O)c2ccc(C(=O)Nc3nc(-c4ccccn4)cs3)cc2)cc1. The summed E-state index contributed by atoms with van der Waals surface area (Å²) in [6, 6.07) is 18.0. The van der Waals surface area contributed by atoms with E-state index in [9.17, 15) is 13.2 Å². The average molecular weight is 481 g/mol. The molecule has 0 aliphatic heterocycles. The number of hydrogen-bond acceptors (Lipinski definition) is 7. The van der Waals surface area contributed by atoms with E-state index in [4.69, 9.17) is 4.74 Å². The zero-order valence-electron chi connectivity index (χ0n) is 17.8. The molecule has 2 aromatic heterocycles. The predicted octanol–water partition coefficient (Wildman–Crippen LogP) is 4.29. The van der Waals surface area contributed by atoms with Crippen LogP contribution in [0.1, 0.15) is 10.4 Å². The van der Waals surface area contributed by atoms with Crippen LogP contribution in [0, 0.1) is 0 Å². The summed E-state index contributed by atoms with van der Waals surface area (Å²) >= 11 is 1.28. The van der Waals surface area contributed by atoms with Crippen LogP contribution in [0.5, 0.6) is 5.75 Å². The van der Waals surface area contributed by atoms with Gasteiger partial charge in [-0.25, -0.2) is 13.4 Å². The van der Waals surface area contributed by atoms with Crippen molar-refractivity contribution in [2.24, 2.45) is 0 Å². The van der Waals surface area contributed by atoms with Gasteiger partial charge in [0.2, 0.25) is 0 Å². The van der Waals surface area contributed by atoms with Crippen LogP contribution >= 0.6 is 11.3 Å². The van der Waals surface area contributed by atoms with Crippen LogP contribution < -0.4 is 14.4 Å². The number of carbonyl (C=O) groups is 1. The number of methoxy groups -OCH3 is 1. The number of nitrogens with zero attached hydrogens (tertiary/aromatic N) is 3. The number of nitrogens with one attached hydrogen (secondary N) is 1. The minimum Gasteiger partial charge on any atom is -0.497 e. The number of pyridine rings is 1. The first kappa shape index (κ1) is 22.4. The molecule has 33 heavy (non-hydrogen) atoms. The molecule has 1 amide bonds. The Labute approximate surface area is 195 Å². The Morgan fingerprint density at radius 2 is 1.73 bits per heavy atom. The molecule has 4 rings (SSSR count). The van der Waals surface area contributed by atoms with Crippen molar-refractivity contribution in [1.82, 2.24) is 9.97 Å². The molecule has 0 saturated heterocycles. The fourth-order valence-electron chi connectivity index (χ4n) is 3.00. The number of carbonyl (C=O) groups excluding carboxylic acids is 1. The van der Waals surface area contributed by atoms with Crippen molar-refractivity contribution in [2.45, 2.75) is 4.90 Å². The quantitative estimate of drug-likeness (QED) is 0.423. The number of hydrogen-bond donors (Lipinski definition) is 1. The highest BCUT2D eigenvalue weighted by Gasteiger charge is 2.22. The molecule has 0 saturated carbocycles. The topological polar surface area (TPSA) is 101 Å². The summed E-state index contributed by atoms with van der Waals surface area (Å²) in [4.78, 5) is 21.3. The Morgan fingerprint density at radius 3 is 2.36 bits per heavy atom. The van der Waals surface area contributed by atoms with E-state index in [2.05, 4.69) is 15.3 Å². The van der Waals surface area contributed by atoms with E-state index in [1.54, 1.807) is 37.6 Å². The van der Waals surface area contributed by atoms with E-state index >= 15 is 0 Å². The molecule has 0 atom stereocenters. The minimum absolute atomic E-state index is 0.0732. The van der Waals surface area contributed by atoms with E-state index in [0.29, 0.717) is 33.5 Å². The minimum atomic E-state index is -3.80. The van der Waals surface area contributed by atoms with Crippen molar-refractivity contribution in [1.29, 1.82) is 0 Å². The fraction of sp³-hybridized carbons (Fsp3) is 0.0870. The molecule has 0 aliphatic rings. The number of aromatic nitrogens is 2. The van der Waals surface area contributed by atoms with Crippen molar-refractivity contribution in [2.75, 3.05) is 23.8 Å². The van der Waals surface area contributed by atoms with Crippen LogP contribution in [0.3, 0.4) is 0 Å². The van der Waals surface area contributed by atoms with Crippen molar-refractivity contribution in [3.8, 4) is 17.1 Å². The summed E-state index contributed by atoms with van der Waals surface area (Å²) < 4.78 is 32.2. The molecule has 2 aromatic carbocycles. The first-order chi connectivity index (χ1) is 15.9. The van der Waals surface area contributed by atoms with Gasteiger partial charge in [-0.05, 0) is 60.7 Å². The summed E-state index contributed by atoms with van der Waals surface area (Å²) in [5.41, 5.74) is 2.18. The lowest BCUT2D eigenvalue weighted by atomic mass is 10.2. The van der Waals surface area contributed by atoms with Gasteiger partial charge in [0.1, 0.15) is 11.4 Å². The number of sulfonamides is 1. The molecular weight excluding hydrogens is 460 g/mol. The van der Waals surface area contributed by atoms with Crippen LogP contribution in [-0.4, -0.2) is 38.5 Å². The second-order valence-corrected chi connectivity index (χ2v) is 9.73. The lowest BCUT2D eigenvalue weighted by molar-refractivity contribution is 0.102. The first-order valence-corrected chi connectivity index (χ1v) is 12.1. The molecule has 168 valence electrons. The van der Waals surface area contributed by atoms with E-state index in [1.165, 1.54) is 47.0 Å². The molecule has 0 aliphatic carbocycles. The van der Waals surface area contributed by atoms with Crippen molar-refractivity contribution < 1.29 is 17.9 Å². The Hall–Kier alpha value is -3.76. The summed E-state index contributed by atoms with van der Waals surface area (Å²) in [5, 5.41) is 4.97. The zero-order chi connectivity index (χ0) is 23.4. The highest BCUT2D eigenvalue weighted by Crippen LogP contribution is 2.26.